The number of nitrogens with two attached hydrogens (primary N) is 1. The Morgan fingerprint density at radius 3 is 2.00 bits per heavy atom. The van der Waals surface area contributed by atoms with Crippen LogP contribution in [-0.2, 0) is 4.79 Å². The molecule has 0 aromatic rings. The number of carbonyl (C=O) groups is 1. The summed E-state index contributed by atoms with van der Waals surface area (Å²) < 4.78 is 0. The number of carboxylic acid groups (broad SMARTS) is 1. The van der Waals surface area contributed by atoms with Crippen molar-refractivity contribution in [3.63, 3.8) is 0 Å². The van der Waals surface area contributed by atoms with Crippen LogP contribution in [0.3, 0.4) is 0 Å². The van der Waals surface area contributed by atoms with Crippen LogP contribution in [0.1, 0.15) is 32.1 Å². The third kappa shape index (κ3) is 2.75. The average molecular weight is 167 g/mol. The van der Waals surface area contributed by atoms with E-state index in [9.17, 15) is 4.79 Å². The molecule has 11 heavy (non-hydrogen) atoms. The zero-order chi connectivity index (χ0) is 7.61. The topological polar surface area (TPSA) is 63.3 Å². The molecule has 60 valence electrons. The maximum absolute atomic E-state index is 10.6. The summed E-state index contributed by atoms with van der Waals surface area (Å²) in [4.78, 5) is 10.6. The van der Waals surface area contributed by atoms with E-state index >= 15 is 0 Å². The third-order valence-corrected chi connectivity index (χ3v) is 2.17. The summed E-state index contributed by atoms with van der Waals surface area (Å²) >= 11 is 0. The van der Waals surface area contributed by atoms with E-state index in [-0.39, 0.29) is 29.6 Å². The Kier molecular flexibility index (Phi) is 4.63. The Labute approximate surface area is 88.6 Å². The molecule has 1 aliphatic rings. The normalized spacial score (nSPS) is 21.9. The number of hydrogen-bond donors (Lipinski definition) is 2. The molecular formula is C7H14NNaO2. The van der Waals surface area contributed by atoms with E-state index in [1.54, 1.807) is 0 Å². The molecule has 0 aromatic carbocycles. The van der Waals surface area contributed by atoms with Crippen molar-refractivity contribution in [1.29, 1.82) is 0 Å². The molecule has 3 N–H and O–H groups in total. The fourth-order valence-electron chi connectivity index (χ4n) is 1.40. The second-order valence-corrected chi connectivity index (χ2v) is 3.02. The summed E-state index contributed by atoms with van der Waals surface area (Å²) in [6.45, 7) is 0. The van der Waals surface area contributed by atoms with Gasteiger partial charge in [-0.05, 0) is 12.8 Å². The van der Waals surface area contributed by atoms with E-state index in [0.717, 1.165) is 19.3 Å². The van der Waals surface area contributed by atoms with E-state index < -0.39 is 11.5 Å². The number of aliphatic carboxylic acids is 1. The van der Waals surface area contributed by atoms with Crippen molar-refractivity contribution in [2.45, 2.75) is 37.6 Å². The van der Waals surface area contributed by atoms with Crippen molar-refractivity contribution in [3.8, 4) is 0 Å². The molecule has 1 saturated carbocycles. The molecule has 0 spiro atoms. The first-order valence-corrected chi connectivity index (χ1v) is 3.67. The molecule has 0 aliphatic heterocycles. The molecule has 0 heterocycles. The van der Waals surface area contributed by atoms with Crippen LogP contribution < -0.4 is 5.73 Å². The molecular weight excluding hydrogens is 153 g/mol. The molecule has 0 aromatic heterocycles. The Hall–Kier alpha value is 0.430. The van der Waals surface area contributed by atoms with Crippen LogP contribution in [0, 0.1) is 0 Å². The zero-order valence-electron chi connectivity index (χ0n) is 5.97. The Balaban J connectivity index is 0.000001000. The van der Waals surface area contributed by atoms with E-state index in [2.05, 4.69) is 0 Å². The van der Waals surface area contributed by atoms with Crippen LogP contribution in [0.4, 0.5) is 0 Å². The summed E-state index contributed by atoms with van der Waals surface area (Å²) in [5.41, 5.74) is 4.70. The van der Waals surface area contributed by atoms with Gasteiger partial charge in [0.15, 0.2) is 0 Å². The standard InChI is InChI=1S/C7H13NO2.Na.H/c8-7(6(9)10)4-2-1-3-5-7;;/h1-5,8H2,(H,9,10);;. The first-order chi connectivity index (χ1) is 4.65. The number of hydrogen-bond acceptors (Lipinski definition) is 2. The average Bonchev–Trinajstić information content (AvgIpc) is 1.89. The molecule has 3 nitrogen and oxygen atoms in total. The van der Waals surface area contributed by atoms with Crippen LogP contribution >= 0.6 is 0 Å². The van der Waals surface area contributed by atoms with Gasteiger partial charge in [-0.2, -0.15) is 0 Å². The number of carboxylic acids is 1. The molecule has 0 radical (unpaired) electrons. The van der Waals surface area contributed by atoms with Crippen LogP contribution in [0.25, 0.3) is 0 Å². The Morgan fingerprint density at radius 1 is 1.27 bits per heavy atom. The van der Waals surface area contributed by atoms with Crippen molar-refractivity contribution in [1.82, 2.24) is 0 Å². The molecule has 4 heteroatoms. The van der Waals surface area contributed by atoms with E-state index in [1.807, 2.05) is 0 Å². The fourth-order valence-corrected chi connectivity index (χ4v) is 1.40. The van der Waals surface area contributed by atoms with Gasteiger partial charge in [0.25, 0.3) is 0 Å². The van der Waals surface area contributed by atoms with Gasteiger partial charge >= 0.3 is 35.5 Å². The van der Waals surface area contributed by atoms with Gasteiger partial charge in [-0.25, -0.2) is 0 Å². The van der Waals surface area contributed by atoms with Gasteiger partial charge in [0.2, 0.25) is 0 Å². The van der Waals surface area contributed by atoms with Crippen LogP contribution in [0.15, 0.2) is 0 Å². The first-order valence-electron chi connectivity index (χ1n) is 3.67. The van der Waals surface area contributed by atoms with E-state index in [4.69, 9.17) is 10.8 Å². The summed E-state index contributed by atoms with van der Waals surface area (Å²) in [6, 6.07) is 0. The molecule has 0 amide bonds. The summed E-state index contributed by atoms with van der Waals surface area (Å²) in [6.07, 6.45) is 4.34. The van der Waals surface area contributed by atoms with Crippen molar-refractivity contribution in [2.75, 3.05) is 0 Å². The summed E-state index contributed by atoms with van der Waals surface area (Å²) in [5, 5.41) is 8.67. The summed E-state index contributed by atoms with van der Waals surface area (Å²) in [7, 11) is 0. The predicted octanol–water partition coefficient (Wildman–Crippen LogP) is 0.0841. The molecule has 0 unspecified atom stereocenters. The second kappa shape index (κ2) is 4.45. The SMILES string of the molecule is NC1(C(=O)O)CCCCC1.[NaH]. The minimum absolute atomic E-state index is 0. The second-order valence-electron chi connectivity index (χ2n) is 3.02. The van der Waals surface area contributed by atoms with Gasteiger partial charge in [0, 0.05) is 0 Å². The van der Waals surface area contributed by atoms with Gasteiger partial charge < -0.3 is 10.8 Å². The van der Waals surface area contributed by atoms with E-state index in [1.165, 1.54) is 0 Å². The Morgan fingerprint density at radius 2 is 1.73 bits per heavy atom. The van der Waals surface area contributed by atoms with Crippen molar-refractivity contribution >= 4 is 35.5 Å². The predicted molar refractivity (Wildman–Crippen MR) is 44.8 cm³/mol. The number of rotatable bonds is 1. The molecule has 1 fully saturated rings. The van der Waals surface area contributed by atoms with Gasteiger partial charge in [-0.3, -0.25) is 4.79 Å². The molecule has 0 saturated heterocycles. The van der Waals surface area contributed by atoms with Crippen molar-refractivity contribution in [2.24, 2.45) is 5.73 Å². The first kappa shape index (κ1) is 11.4. The zero-order valence-corrected chi connectivity index (χ0v) is 5.97. The van der Waals surface area contributed by atoms with E-state index in [0.29, 0.717) is 12.8 Å². The van der Waals surface area contributed by atoms with Gasteiger partial charge in [-0.1, -0.05) is 19.3 Å². The van der Waals surface area contributed by atoms with Crippen LogP contribution in [0.2, 0.25) is 0 Å². The molecule has 1 rings (SSSR count). The molecule has 1 aliphatic carbocycles. The third-order valence-electron chi connectivity index (χ3n) is 2.17. The summed E-state index contributed by atoms with van der Waals surface area (Å²) in [5.74, 6) is -0.841. The molecule has 0 bridgehead atoms. The quantitative estimate of drug-likeness (QED) is 0.544. The monoisotopic (exact) mass is 167 g/mol. The molecule has 0 atom stereocenters. The minimum atomic E-state index is -0.905. The van der Waals surface area contributed by atoms with Crippen molar-refractivity contribution in [3.05, 3.63) is 0 Å². The van der Waals surface area contributed by atoms with Crippen LogP contribution in [-0.4, -0.2) is 46.2 Å². The fraction of sp³-hybridized carbons (Fsp3) is 0.857. The van der Waals surface area contributed by atoms with Gasteiger partial charge in [0.05, 0.1) is 0 Å². The maximum atomic E-state index is 10.6. The van der Waals surface area contributed by atoms with Gasteiger partial charge in [-0.15, -0.1) is 0 Å². The van der Waals surface area contributed by atoms with Gasteiger partial charge in [0.1, 0.15) is 5.54 Å². The van der Waals surface area contributed by atoms with Crippen molar-refractivity contribution < 1.29 is 9.90 Å². The Bertz CT molecular complexity index is 143. The van der Waals surface area contributed by atoms with Crippen LogP contribution in [0.5, 0.6) is 0 Å².